The topological polar surface area (TPSA) is 38.3 Å². The molecular formula is C18H20FNO2S. The Morgan fingerprint density at radius 1 is 1.13 bits per heavy atom. The molecule has 1 amide bonds. The zero-order valence-electron chi connectivity index (χ0n) is 13.6. The van der Waals surface area contributed by atoms with Gasteiger partial charge < -0.3 is 10.1 Å². The molecule has 0 unspecified atom stereocenters. The van der Waals surface area contributed by atoms with Crippen molar-refractivity contribution in [2.75, 3.05) is 12.4 Å². The first-order valence-corrected chi connectivity index (χ1v) is 8.05. The third-order valence-corrected chi connectivity index (χ3v) is 4.25. The van der Waals surface area contributed by atoms with Crippen LogP contribution in [-0.4, -0.2) is 13.0 Å². The third-order valence-electron chi connectivity index (χ3n) is 3.18. The highest BCUT2D eigenvalue weighted by atomic mass is 32.2. The summed E-state index contributed by atoms with van der Waals surface area (Å²) < 4.78 is 19.3. The van der Waals surface area contributed by atoms with Crippen LogP contribution in [0.5, 0.6) is 5.75 Å². The molecule has 0 saturated carbocycles. The van der Waals surface area contributed by atoms with Gasteiger partial charge in [-0.25, -0.2) is 4.39 Å². The number of amides is 1. The standard InChI is InChI=1S/C18H20FNO2S/c1-18(2,3)17(21)20-16-14(19)6-5-7-15(16)23-13-10-8-12(22-4)9-11-13/h5-11H,1-4H3,(H,20,21). The molecule has 0 bridgehead atoms. The monoisotopic (exact) mass is 333 g/mol. The van der Waals surface area contributed by atoms with Crippen molar-refractivity contribution < 1.29 is 13.9 Å². The minimum atomic E-state index is -0.593. The molecule has 2 rings (SSSR count). The minimum absolute atomic E-state index is 0.216. The van der Waals surface area contributed by atoms with E-state index in [0.29, 0.717) is 4.90 Å². The van der Waals surface area contributed by atoms with Gasteiger partial charge in [-0.2, -0.15) is 0 Å². The Morgan fingerprint density at radius 2 is 1.78 bits per heavy atom. The van der Waals surface area contributed by atoms with Crippen molar-refractivity contribution in [2.45, 2.75) is 30.6 Å². The van der Waals surface area contributed by atoms with Gasteiger partial charge in [-0.3, -0.25) is 4.79 Å². The van der Waals surface area contributed by atoms with E-state index in [4.69, 9.17) is 4.74 Å². The molecule has 5 heteroatoms. The Morgan fingerprint density at radius 3 is 2.35 bits per heavy atom. The number of nitrogens with one attached hydrogen (secondary N) is 1. The van der Waals surface area contributed by atoms with Crippen LogP contribution in [0.15, 0.2) is 52.3 Å². The van der Waals surface area contributed by atoms with E-state index in [1.807, 2.05) is 24.3 Å². The van der Waals surface area contributed by atoms with Crippen molar-refractivity contribution in [2.24, 2.45) is 5.41 Å². The number of methoxy groups -OCH3 is 1. The average Bonchev–Trinajstić information content (AvgIpc) is 2.50. The summed E-state index contributed by atoms with van der Waals surface area (Å²) in [6, 6.07) is 12.2. The number of anilines is 1. The van der Waals surface area contributed by atoms with E-state index < -0.39 is 11.2 Å². The molecule has 0 heterocycles. The molecule has 0 aliphatic heterocycles. The van der Waals surface area contributed by atoms with Gasteiger partial charge in [0.2, 0.25) is 5.91 Å². The normalized spacial score (nSPS) is 11.2. The van der Waals surface area contributed by atoms with E-state index in [2.05, 4.69) is 5.32 Å². The fourth-order valence-corrected chi connectivity index (χ4v) is 2.71. The number of hydrogen-bond donors (Lipinski definition) is 1. The lowest BCUT2D eigenvalue weighted by Crippen LogP contribution is -2.28. The fraction of sp³-hybridized carbons (Fsp3) is 0.278. The third kappa shape index (κ3) is 4.48. The number of para-hydroxylation sites is 1. The lowest BCUT2D eigenvalue weighted by Gasteiger charge is -2.19. The van der Waals surface area contributed by atoms with Crippen LogP contribution >= 0.6 is 11.8 Å². The first-order valence-electron chi connectivity index (χ1n) is 7.23. The SMILES string of the molecule is COc1ccc(Sc2cccc(F)c2NC(=O)C(C)(C)C)cc1. The minimum Gasteiger partial charge on any atom is -0.497 e. The average molecular weight is 333 g/mol. The summed E-state index contributed by atoms with van der Waals surface area (Å²) in [4.78, 5) is 13.8. The molecule has 2 aromatic carbocycles. The highest BCUT2D eigenvalue weighted by molar-refractivity contribution is 7.99. The largest absolute Gasteiger partial charge is 0.497 e. The Bertz CT molecular complexity index is 693. The number of carbonyl (C=O) groups is 1. The first kappa shape index (κ1) is 17.3. The van der Waals surface area contributed by atoms with Gasteiger partial charge in [-0.05, 0) is 36.4 Å². The molecule has 1 N–H and O–H groups in total. The quantitative estimate of drug-likeness (QED) is 0.858. The van der Waals surface area contributed by atoms with Crippen LogP contribution in [0.25, 0.3) is 0 Å². The van der Waals surface area contributed by atoms with Crippen molar-refractivity contribution in [3.05, 3.63) is 48.3 Å². The van der Waals surface area contributed by atoms with Crippen molar-refractivity contribution in [1.82, 2.24) is 0 Å². The van der Waals surface area contributed by atoms with Crippen LogP contribution in [-0.2, 0) is 4.79 Å². The number of benzene rings is 2. The van der Waals surface area contributed by atoms with E-state index in [1.165, 1.54) is 17.8 Å². The van der Waals surface area contributed by atoms with E-state index in [-0.39, 0.29) is 11.6 Å². The molecule has 0 saturated heterocycles. The summed E-state index contributed by atoms with van der Waals surface area (Å²) in [5, 5.41) is 2.70. The van der Waals surface area contributed by atoms with Crippen LogP contribution in [0.2, 0.25) is 0 Å². The molecular weight excluding hydrogens is 313 g/mol. The second-order valence-corrected chi connectivity index (χ2v) is 7.21. The van der Waals surface area contributed by atoms with Gasteiger partial charge in [0, 0.05) is 15.2 Å². The number of carbonyl (C=O) groups excluding carboxylic acids is 1. The van der Waals surface area contributed by atoms with Crippen LogP contribution in [0, 0.1) is 11.2 Å². The lowest BCUT2D eigenvalue weighted by atomic mass is 9.95. The van der Waals surface area contributed by atoms with Crippen molar-refractivity contribution in [3.8, 4) is 5.75 Å². The summed E-state index contributed by atoms with van der Waals surface area (Å²) in [6.45, 7) is 5.37. The molecule has 0 radical (unpaired) electrons. The lowest BCUT2D eigenvalue weighted by molar-refractivity contribution is -0.123. The number of halogens is 1. The maximum atomic E-state index is 14.2. The fourth-order valence-electron chi connectivity index (χ4n) is 1.78. The number of rotatable bonds is 4. The van der Waals surface area contributed by atoms with Crippen molar-refractivity contribution in [3.63, 3.8) is 0 Å². The molecule has 0 aliphatic carbocycles. The highest BCUT2D eigenvalue weighted by Gasteiger charge is 2.23. The predicted molar refractivity (Wildman–Crippen MR) is 91.6 cm³/mol. The molecule has 2 aromatic rings. The number of hydrogen-bond acceptors (Lipinski definition) is 3. The maximum absolute atomic E-state index is 14.2. The molecule has 0 fully saturated rings. The van der Waals surface area contributed by atoms with Gasteiger partial charge >= 0.3 is 0 Å². The van der Waals surface area contributed by atoms with Crippen LogP contribution in [0.3, 0.4) is 0 Å². The summed E-state index contributed by atoms with van der Waals surface area (Å²) >= 11 is 1.39. The van der Waals surface area contributed by atoms with Crippen molar-refractivity contribution >= 4 is 23.4 Å². The van der Waals surface area contributed by atoms with Crippen LogP contribution in [0.4, 0.5) is 10.1 Å². The molecule has 0 atom stereocenters. The van der Waals surface area contributed by atoms with E-state index >= 15 is 0 Å². The summed E-state index contributed by atoms with van der Waals surface area (Å²) in [5.74, 6) is 0.0927. The predicted octanol–water partition coefficient (Wildman–Crippen LogP) is 4.97. The summed E-state index contributed by atoms with van der Waals surface area (Å²) in [6.07, 6.45) is 0. The van der Waals surface area contributed by atoms with Crippen LogP contribution < -0.4 is 10.1 Å². The van der Waals surface area contributed by atoms with Gasteiger partial charge in [-0.15, -0.1) is 0 Å². The van der Waals surface area contributed by atoms with Gasteiger partial charge in [0.25, 0.3) is 0 Å². The van der Waals surface area contributed by atoms with E-state index in [9.17, 15) is 9.18 Å². The Hall–Kier alpha value is -2.01. The smallest absolute Gasteiger partial charge is 0.229 e. The molecule has 0 spiro atoms. The number of ether oxygens (including phenoxy) is 1. The zero-order chi connectivity index (χ0) is 17.0. The summed E-state index contributed by atoms with van der Waals surface area (Å²) in [7, 11) is 1.61. The van der Waals surface area contributed by atoms with Crippen molar-refractivity contribution in [1.29, 1.82) is 0 Å². The van der Waals surface area contributed by atoms with Gasteiger partial charge in [0.05, 0.1) is 12.8 Å². The molecule has 122 valence electrons. The highest BCUT2D eigenvalue weighted by Crippen LogP contribution is 2.36. The zero-order valence-corrected chi connectivity index (χ0v) is 14.5. The Labute approximate surface area is 140 Å². The Balaban J connectivity index is 2.28. The first-order chi connectivity index (χ1) is 10.8. The summed E-state index contributed by atoms with van der Waals surface area (Å²) in [5.41, 5.74) is -0.377. The molecule has 3 nitrogen and oxygen atoms in total. The molecule has 0 aromatic heterocycles. The second-order valence-electron chi connectivity index (χ2n) is 6.09. The molecule has 23 heavy (non-hydrogen) atoms. The van der Waals surface area contributed by atoms with Gasteiger partial charge in [-0.1, -0.05) is 38.6 Å². The van der Waals surface area contributed by atoms with E-state index in [1.54, 1.807) is 40.0 Å². The van der Waals surface area contributed by atoms with Gasteiger partial charge in [0.15, 0.2) is 0 Å². The molecule has 0 aliphatic rings. The maximum Gasteiger partial charge on any atom is 0.229 e. The second kappa shape index (κ2) is 7.04. The van der Waals surface area contributed by atoms with Crippen LogP contribution in [0.1, 0.15) is 20.8 Å². The van der Waals surface area contributed by atoms with E-state index in [0.717, 1.165) is 10.6 Å². The Kier molecular flexibility index (Phi) is 5.31. The van der Waals surface area contributed by atoms with Gasteiger partial charge in [0.1, 0.15) is 11.6 Å².